The van der Waals surface area contributed by atoms with Gasteiger partial charge in [0.1, 0.15) is 0 Å². The molecule has 0 spiro atoms. The molecule has 1 aromatic rings. The maximum Gasteiger partial charge on any atom is 0.254 e. The smallest absolute Gasteiger partial charge is 0.254 e. The number of aliphatic hydroxyl groups excluding tert-OH is 1. The lowest BCUT2D eigenvalue weighted by Crippen LogP contribution is -2.47. The lowest BCUT2D eigenvalue weighted by atomic mass is 9.90. The molecule has 1 aliphatic heterocycles. The minimum atomic E-state index is -0.504. The number of hydrogen-bond donors (Lipinski definition) is 2. The van der Waals surface area contributed by atoms with Crippen molar-refractivity contribution in [2.24, 2.45) is 11.7 Å². The quantitative estimate of drug-likeness (QED) is 0.864. The van der Waals surface area contributed by atoms with Crippen LogP contribution in [-0.4, -0.2) is 41.0 Å². The zero-order valence-corrected chi connectivity index (χ0v) is 11.6. The van der Waals surface area contributed by atoms with Crippen LogP contribution in [0.4, 0.5) is 0 Å². The summed E-state index contributed by atoms with van der Waals surface area (Å²) in [6, 6.07) is 6.40. The number of aliphatic hydroxyl groups is 1. The summed E-state index contributed by atoms with van der Waals surface area (Å²) in [6.07, 6.45) is 1.85. The number of nitrogens with zero attached hydrogens (tertiary/aromatic N) is 1. The Hall–Kier alpha value is -1.88. The third-order valence-electron chi connectivity index (χ3n) is 4.06. The Kier molecular flexibility index (Phi) is 4.39. The predicted molar refractivity (Wildman–Crippen MR) is 75.3 cm³/mol. The normalized spacial score (nSPS) is 22.6. The van der Waals surface area contributed by atoms with Crippen molar-refractivity contribution < 1.29 is 14.7 Å². The van der Waals surface area contributed by atoms with Crippen molar-refractivity contribution in [2.75, 3.05) is 13.2 Å². The van der Waals surface area contributed by atoms with Crippen LogP contribution in [0.3, 0.4) is 0 Å². The number of primary amides is 1. The van der Waals surface area contributed by atoms with Crippen LogP contribution in [0.15, 0.2) is 24.3 Å². The highest BCUT2D eigenvalue weighted by atomic mass is 16.3. The van der Waals surface area contributed by atoms with Gasteiger partial charge in [0.05, 0.1) is 0 Å². The molecule has 1 aromatic carbocycles. The Morgan fingerprint density at radius 1 is 1.30 bits per heavy atom. The van der Waals surface area contributed by atoms with E-state index >= 15 is 0 Å². The second kappa shape index (κ2) is 6.05. The molecule has 2 rings (SSSR count). The maximum atomic E-state index is 12.5. The molecular weight excluding hydrogens is 256 g/mol. The summed E-state index contributed by atoms with van der Waals surface area (Å²) in [5.74, 6) is -0.431. The largest absolute Gasteiger partial charge is 0.396 e. The van der Waals surface area contributed by atoms with Gasteiger partial charge in [-0.15, -0.1) is 0 Å². The first-order valence-electron chi connectivity index (χ1n) is 6.86. The topological polar surface area (TPSA) is 83.6 Å². The molecule has 1 saturated heterocycles. The first kappa shape index (κ1) is 14.5. The SMILES string of the molecule is CC1C(CO)CCCN1C(=O)c1ccc(C(N)=O)cc1. The van der Waals surface area contributed by atoms with E-state index in [2.05, 4.69) is 0 Å². The highest BCUT2D eigenvalue weighted by Crippen LogP contribution is 2.24. The monoisotopic (exact) mass is 276 g/mol. The van der Waals surface area contributed by atoms with Gasteiger partial charge in [0.2, 0.25) is 5.91 Å². The third kappa shape index (κ3) is 2.82. The van der Waals surface area contributed by atoms with Crippen molar-refractivity contribution in [3.05, 3.63) is 35.4 Å². The molecule has 2 atom stereocenters. The van der Waals surface area contributed by atoms with E-state index in [4.69, 9.17) is 5.73 Å². The van der Waals surface area contributed by atoms with Gasteiger partial charge in [-0.2, -0.15) is 0 Å². The molecule has 1 fully saturated rings. The molecule has 2 unspecified atom stereocenters. The predicted octanol–water partition coefficient (Wildman–Crippen LogP) is 1.02. The fraction of sp³-hybridized carbons (Fsp3) is 0.467. The molecule has 3 N–H and O–H groups in total. The van der Waals surface area contributed by atoms with E-state index < -0.39 is 5.91 Å². The van der Waals surface area contributed by atoms with Crippen LogP contribution in [0, 0.1) is 5.92 Å². The number of carbonyl (C=O) groups excluding carboxylic acids is 2. The summed E-state index contributed by atoms with van der Waals surface area (Å²) >= 11 is 0. The fourth-order valence-electron chi connectivity index (χ4n) is 2.70. The molecule has 1 heterocycles. The third-order valence-corrected chi connectivity index (χ3v) is 4.06. The summed E-state index contributed by atoms with van der Waals surface area (Å²) in [5, 5.41) is 9.34. The molecule has 5 nitrogen and oxygen atoms in total. The minimum Gasteiger partial charge on any atom is -0.396 e. The molecule has 0 radical (unpaired) electrons. The molecule has 20 heavy (non-hydrogen) atoms. The van der Waals surface area contributed by atoms with Crippen molar-refractivity contribution in [1.29, 1.82) is 0 Å². The van der Waals surface area contributed by atoms with Crippen LogP contribution in [0.1, 0.15) is 40.5 Å². The van der Waals surface area contributed by atoms with E-state index in [0.717, 1.165) is 12.8 Å². The van der Waals surface area contributed by atoms with Gasteiger partial charge in [0.25, 0.3) is 5.91 Å². The number of piperidine rings is 1. The standard InChI is InChI=1S/C15H20N2O3/c1-10-13(9-18)3-2-8-17(10)15(20)12-6-4-11(5-7-12)14(16)19/h4-7,10,13,18H,2-3,8-9H2,1H3,(H2,16,19). The number of amides is 2. The lowest BCUT2D eigenvalue weighted by molar-refractivity contribution is 0.0428. The van der Waals surface area contributed by atoms with E-state index in [9.17, 15) is 14.7 Å². The van der Waals surface area contributed by atoms with Crippen molar-refractivity contribution in [3.63, 3.8) is 0 Å². The van der Waals surface area contributed by atoms with Crippen LogP contribution < -0.4 is 5.73 Å². The van der Waals surface area contributed by atoms with Gasteiger partial charge in [0.15, 0.2) is 0 Å². The molecule has 0 saturated carbocycles. The zero-order valence-electron chi connectivity index (χ0n) is 11.6. The Morgan fingerprint density at radius 2 is 1.90 bits per heavy atom. The molecule has 0 bridgehead atoms. The van der Waals surface area contributed by atoms with Gasteiger partial charge in [0, 0.05) is 36.2 Å². The number of nitrogens with two attached hydrogens (primary N) is 1. The van der Waals surface area contributed by atoms with Crippen molar-refractivity contribution in [2.45, 2.75) is 25.8 Å². The van der Waals surface area contributed by atoms with Crippen molar-refractivity contribution >= 4 is 11.8 Å². The highest BCUT2D eigenvalue weighted by molar-refractivity contribution is 5.97. The summed E-state index contributed by atoms with van der Waals surface area (Å²) in [6.45, 7) is 2.77. The van der Waals surface area contributed by atoms with Gasteiger partial charge < -0.3 is 15.7 Å². The van der Waals surface area contributed by atoms with Crippen LogP contribution in [0.25, 0.3) is 0 Å². The lowest BCUT2D eigenvalue weighted by Gasteiger charge is -2.38. The van der Waals surface area contributed by atoms with Gasteiger partial charge in [-0.1, -0.05) is 0 Å². The van der Waals surface area contributed by atoms with Gasteiger partial charge in [-0.3, -0.25) is 9.59 Å². The minimum absolute atomic E-state index is 0.0251. The average Bonchev–Trinajstić information content (AvgIpc) is 2.47. The summed E-state index contributed by atoms with van der Waals surface area (Å²) < 4.78 is 0. The first-order chi connectivity index (χ1) is 9.54. The Labute approximate surface area is 118 Å². The summed E-state index contributed by atoms with van der Waals surface area (Å²) in [5.41, 5.74) is 6.11. The zero-order chi connectivity index (χ0) is 14.7. The first-order valence-corrected chi connectivity index (χ1v) is 6.86. The number of hydrogen-bond acceptors (Lipinski definition) is 3. The van der Waals surface area contributed by atoms with Crippen LogP contribution in [-0.2, 0) is 0 Å². The summed E-state index contributed by atoms with van der Waals surface area (Å²) in [7, 11) is 0. The van der Waals surface area contributed by atoms with Gasteiger partial charge >= 0.3 is 0 Å². The van der Waals surface area contributed by atoms with E-state index in [-0.39, 0.29) is 24.5 Å². The van der Waals surface area contributed by atoms with Crippen molar-refractivity contribution in [1.82, 2.24) is 4.90 Å². The fourth-order valence-corrected chi connectivity index (χ4v) is 2.70. The Morgan fingerprint density at radius 3 is 2.45 bits per heavy atom. The van der Waals surface area contributed by atoms with E-state index in [1.165, 1.54) is 0 Å². The molecule has 2 amide bonds. The molecule has 0 aromatic heterocycles. The molecule has 108 valence electrons. The van der Waals surface area contributed by atoms with E-state index in [0.29, 0.717) is 17.7 Å². The second-order valence-electron chi connectivity index (χ2n) is 5.27. The molecule has 1 aliphatic rings. The average molecular weight is 276 g/mol. The Bertz CT molecular complexity index is 498. The van der Waals surface area contributed by atoms with Crippen LogP contribution in [0.2, 0.25) is 0 Å². The maximum absolute atomic E-state index is 12.5. The van der Waals surface area contributed by atoms with Crippen molar-refractivity contribution in [3.8, 4) is 0 Å². The molecule has 0 aliphatic carbocycles. The van der Waals surface area contributed by atoms with Gasteiger partial charge in [-0.05, 0) is 44.0 Å². The van der Waals surface area contributed by atoms with E-state index in [1.807, 2.05) is 6.92 Å². The van der Waals surface area contributed by atoms with Gasteiger partial charge in [-0.25, -0.2) is 0 Å². The number of carbonyl (C=O) groups is 2. The number of likely N-dealkylation sites (tertiary alicyclic amines) is 1. The van der Waals surface area contributed by atoms with E-state index in [1.54, 1.807) is 29.2 Å². The molecule has 5 heteroatoms. The second-order valence-corrected chi connectivity index (χ2v) is 5.27. The molecular formula is C15H20N2O3. The van der Waals surface area contributed by atoms with Crippen LogP contribution >= 0.6 is 0 Å². The highest BCUT2D eigenvalue weighted by Gasteiger charge is 2.31. The number of rotatable bonds is 3. The summed E-state index contributed by atoms with van der Waals surface area (Å²) in [4.78, 5) is 25.3. The Balaban J connectivity index is 2.15. The number of benzene rings is 1. The van der Waals surface area contributed by atoms with Crippen LogP contribution in [0.5, 0.6) is 0 Å².